The van der Waals surface area contributed by atoms with Crippen LogP contribution in [0.3, 0.4) is 0 Å². The summed E-state index contributed by atoms with van der Waals surface area (Å²) >= 11 is 0. The fourth-order valence-corrected chi connectivity index (χ4v) is 4.65. The van der Waals surface area contributed by atoms with Gasteiger partial charge in [-0.15, -0.1) is 0 Å². The molecule has 1 N–H and O–H groups in total. The third-order valence-electron chi connectivity index (χ3n) is 5.16. The Balaban J connectivity index is 1.61. The van der Waals surface area contributed by atoms with Crippen LogP contribution in [0.15, 0.2) is 59.5 Å². The van der Waals surface area contributed by atoms with Gasteiger partial charge in [0.25, 0.3) is 10.1 Å². The molecule has 2 heterocycles. The maximum absolute atomic E-state index is 12.9. The van der Waals surface area contributed by atoms with Crippen molar-refractivity contribution in [2.75, 3.05) is 13.7 Å². The number of aryl methyl sites for hydroxylation is 1. The summed E-state index contributed by atoms with van der Waals surface area (Å²) in [4.78, 5) is -0.0102. The Bertz CT molecular complexity index is 947. The van der Waals surface area contributed by atoms with E-state index in [-0.39, 0.29) is 11.5 Å². The van der Waals surface area contributed by atoms with E-state index in [9.17, 15) is 13.5 Å². The monoisotopic (exact) mass is 436 g/mol. The van der Waals surface area contributed by atoms with Crippen LogP contribution < -0.4 is 0 Å². The van der Waals surface area contributed by atoms with Gasteiger partial charge in [0.05, 0.1) is 11.5 Å². The molecule has 0 unspecified atom stereocenters. The fraction of sp³-hybridized carbons (Fsp3) is 0.429. The SMILES string of the molecule is CO[C@H]1O[C@@H]2CO[C@H](c3ccccc3)O[C@@H]2[C@H](OS(=O)(=O)c2ccc(C)cc2)[C@H]1O. The average Bonchev–Trinajstić information content (AvgIpc) is 2.76. The summed E-state index contributed by atoms with van der Waals surface area (Å²) in [6.07, 6.45) is -6.00. The molecule has 0 amide bonds. The molecule has 2 aliphatic heterocycles. The van der Waals surface area contributed by atoms with Crippen LogP contribution in [0.25, 0.3) is 0 Å². The Morgan fingerprint density at radius 1 is 1.03 bits per heavy atom. The van der Waals surface area contributed by atoms with E-state index in [2.05, 4.69) is 0 Å². The molecule has 162 valence electrons. The summed E-state index contributed by atoms with van der Waals surface area (Å²) in [6, 6.07) is 15.5. The molecule has 4 rings (SSSR count). The van der Waals surface area contributed by atoms with E-state index in [1.54, 1.807) is 12.1 Å². The lowest BCUT2D eigenvalue weighted by Crippen LogP contribution is -2.63. The van der Waals surface area contributed by atoms with Crippen molar-refractivity contribution < 1.29 is 36.7 Å². The lowest BCUT2D eigenvalue weighted by Gasteiger charge is -2.46. The van der Waals surface area contributed by atoms with E-state index in [0.717, 1.165) is 11.1 Å². The molecule has 0 spiro atoms. The Kier molecular flexibility index (Phi) is 6.21. The van der Waals surface area contributed by atoms with E-state index in [1.165, 1.54) is 19.2 Å². The van der Waals surface area contributed by atoms with Crippen LogP contribution in [0.1, 0.15) is 17.4 Å². The number of aliphatic hydroxyl groups excluding tert-OH is 1. The summed E-state index contributed by atoms with van der Waals surface area (Å²) in [5.74, 6) is 0. The summed E-state index contributed by atoms with van der Waals surface area (Å²) in [5, 5.41) is 10.7. The first-order valence-electron chi connectivity index (χ1n) is 9.57. The quantitative estimate of drug-likeness (QED) is 0.710. The van der Waals surface area contributed by atoms with E-state index in [0.29, 0.717) is 0 Å². The van der Waals surface area contributed by atoms with Crippen LogP contribution in [-0.4, -0.2) is 57.9 Å². The van der Waals surface area contributed by atoms with Crippen LogP contribution in [0, 0.1) is 6.92 Å². The molecule has 8 nitrogen and oxygen atoms in total. The molecule has 30 heavy (non-hydrogen) atoms. The minimum Gasteiger partial charge on any atom is -0.385 e. The molecule has 2 fully saturated rings. The molecule has 0 aliphatic carbocycles. The second-order valence-corrected chi connectivity index (χ2v) is 8.85. The van der Waals surface area contributed by atoms with Crippen LogP contribution >= 0.6 is 0 Å². The zero-order valence-corrected chi connectivity index (χ0v) is 17.4. The van der Waals surface area contributed by atoms with Crippen molar-refractivity contribution in [3.05, 3.63) is 65.7 Å². The van der Waals surface area contributed by atoms with Crippen LogP contribution in [0.2, 0.25) is 0 Å². The zero-order valence-electron chi connectivity index (χ0n) is 16.6. The Labute approximate surface area is 175 Å². The molecule has 0 radical (unpaired) electrons. The van der Waals surface area contributed by atoms with Crippen molar-refractivity contribution in [2.45, 2.75) is 48.8 Å². The number of hydrogen-bond donors (Lipinski definition) is 1. The average molecular weight is 436 g/mol. The lowest BCUT2D eigenvalue weighted by molar-refractivity contribution is -0.354. The third-order valence-corrected chi connectivity index (χ3v) is 6.48. The maximum atomic E-state index is 12.9. The molecule has 0 bridgehead atoms. The van der Waals surface area contributed by atoms with Crippen molar-refractivity contribution in [1.82, 2.24) is 0 Å². The van der Waals surface area contributed by atoms with E-state index in [4.69, 9.17) is 23.1 Å². The van der Waals surface area contributed by atoms with Crippen molar-refractivity contribution in [3.63, 3.8) is 0 Å². The standard InChI is InChI=1S/C21H24O8S/c1-13-8-10-15(11-9-13)30(23,24)29-19-17(22)21(25-2)27-16-12-26-20(28-18(16)19)14-6-4-3-5-7-14/h3-11,16-22H,12H2,1-2H3/t16-,17-,18+,19-,20+,21+/m1/s1. The van der Waals surface area contributed by atoms with E-state index in [1.807, 2.05) is 37.3 Å². The van der Waals surface area contributed by atoms with Gasteiger partial charge in [-0.05, 0) is 19.1 Å². The normalized spacial score (nSPS) is 31.8. The molecule has 2 aliphatic rings. The van der Waals surface area contributed by atoms with Gasteiger partial charge < -0.3 is 24.1 Å². The predicted octanol–water partition coefficient (Wildman–Crippen LogP) is 1.92. The van der Waals surface area contributed by atoms with Crippen LogP contribution in [0.5, 0.6) is 0 Å². The Hall–Kier alpha value is -1.85. The Morgan fingerprint density at radius 2 is 1.73 bits per heavy atom. The number of rotatable bonds is 5. The maximum Gasteiger partial charge on any atom is 0.297 e. The molecule has 2 aromatic rings. The number of benzene rings is 2. The van der Waals surface area contributed by atoms with Gasteiger partial charge in [0.1, 0.15) is 24.4 Å². The van der Waals surface area contributed by atoms with Crippen molar-refractivity contribution >= 4 is 10.1 Å². The number of ether oxygens (including phenoxy) is 4. The first kappa shape index (κ1) is 21.4. The van der Waals surface area contributed by atoms with Gasteiger partial charge >= 0.3 is 0 Å². The second kappa shape index (κ2) is 8.72. The van der Waals surface area contributed by atoms with Gasteiger partial charge in [0, 0.05) is 12.7 Å². The predicted molar refractivity (Wildman–Crippen MR) is 105 cm³/mol. The van der Waals surface area contributed by atoms with Gasteiger partial charge in [-0.2, -0.15) is 8.42 Å². The summed E-state index contributed by atoms with van der Waals surface area (Å²) in [5.41, 5.74) is 1.68. The third kappa shape index (κ3) is 4.28. The van der Waals surface area contributed by atoms with E-state index >= 15 is 0 Å². The second-order valence-electron chi connectivity index (χ2n) is 7.27. The van der Waals surface area contributed by atoms with Gasteiger partial charge in [-0.1, -0.05) is 48.0 Å². The summed E-state index contributed by atoms with van der Waals surface area (Å²) in [6.45, 7) is 1.98. The Morgan fingerprint density at radius 3 is 2.40 bits per heavy atom. The first-order chi connectivity index (χ1) is 14.4. The van der Waals surface area contributed by atoms with Crippen LogP contribution in [0.4, 0.5) is 0 Å². The van der Waals surface area contributed by atoms with Crippen molar-refractivity contribution in [2.24, 2.45) is 0 Å². The summed E-state index contributed by atoms with van der Waals surface area (Å²) in [7, 11) is -2.81. The number of hydrogen-bond acceptors (Lipinski definition) is 8. The minimum atomic E-state index is -4.17. The van der Waals surface area contributed by atoms with Crippen molar-refractivity contribution in [1.29, 1.82) is 0 Å². The molecule has 0 saturated carbocycles. The van der Waals surface area contributed by atoms with Crippen molar-refractivity contribution in [3.8, 4) is 0 Å². The molecule has 6 atom stereocenters. The highest BCUT2D eigenvalue weighted by molar-refractivity contribution is 7.86. The largest absolute Gasteiger partial charge is 0.385 e. The van der Waals surface area contributed by atoms with Gasteiger partial charge in [0.2, 0.25) is 0 Å². The number of fused-ring (bicyclic) bond motifs is 1. The van der Waals surface area contributed by atoms with Gasteiger partial charge in [-0.25, -0.2) is 0 Å². The number of methoxy groups -OCH3 is 1. The fourth-order valence-electron chi connectivity index (χ4n) is 3.55. The molecular formula is C21H24O8S. The molecule has 2 saturated heterocycles. The highest BCUT2D eigenvalue weighted by Crippen LogP contribution is 2.36. The minimum absolute atomic E-state index is 0.0102. The first-order valence-corrected chi connectivity index (χ1v) is 11.0. The molecule has 9 heteroatoms. The van der Waals surface area contributed by atoms with Gasteiger partial charge in [-0.3, -0.25) is 4.18 Å². The molecule has 0 aromatic heterocycles. The van der Waals surface area contributed by atoms with Crippen LogP contribution in [-0.2, 0) is 33.2 Å². The zero-order chi connectivity index (χ0) is 21.3. The highest BCUT2D eigenvalue weighted by atomic mass is 32.2. The van der Waals surface area contributed by atoms with Gasteiger partial charge in [0.15, 0.2) is 12.6 Å². The molecular weight excluding hydrogens is 412 g/mol. The molecule has 2 aromatic carbocycles. The highest BCUT2D eigenvalue weighted by Gasteiger charge is 2.52. The smallest absolute Gasteiger partial charge is 0.297 e. The number of aliphatic hydroxyl groups is 1. The topological polar surface area (TPSA) is 101 Å². The lowest BCUT2D eigenvalue weighted by atomic mass is 9.98. The summed E-state index contributed by atoms with van der Waals surface area (Å²) < 4.78 is 53.9. The van der Waals surface area contributed by atoms with E-state index < -0.39 is 47.1 Å².